The summed E-state index contributed by atoms with van der Waals surface area (Å²) in [5.74, 6) is -0.963. The van der Waals surface area contributed by atoms with Gasteiger partial charge in [0.15, 0.2) is 0 Å². The molecule has 3 rings (SSSR count). The van der Waals surface area contributed by atoms with Gasteiger partial charge in [-0.1, -0.05) is 40.8 Å². The monoisotopic (exact) mass is 533 g/mol. The van der Waals surface area contributed by atoms with Gasteiger partial charge in [0.1, 0.15) is 0 Å². The predicted molar refractivity (Wildman–Crippen MR) is 120 cm³/mol. The highest BCUT2D eigenvalue weighted by molar-refractivity contribution is 14.1. The number of rotatable bonds is 7. The van der Waals surface area contributed by atoms with Crippen molar-refractivity contribution in [3.8, 4) is 0 Å². The standard InChI is InChI=1S/C21H23F3IN3O2/c22-21(23,24)15-4-3-5-16(14-15)27-10-12-28(13-11-27)19(25)8-9-26-18-7-2-1-6-17(18)20(29)30/h1-7,14,19,26H,8-13H2,(H,29,30). The van der Waals surface area contributed by atoms with Gasteiger partial charge < -0.3 is 15.3 Å². The molecule has 0 aromatic heterocycles. The smallest absolute Gasteiger partial charge is 0.416 e. The zero-order chi connectivity index (χ0) is 21.7. The molecule has 0 saturated carbocycles. The molecule has 0 radical (unpaired) electrons. The number of hydrogen-bond acceptors (Lipinski definition) is 4. The summed E-state index contributed by atoms with van der Waals surface area (Å²) in [5.41, 5.74) is 0.823. The van der Waals surface area contributed by atoms with Gasteiger partial charge >= 0.3 is 12.1 Å². The van der Waals surface area contributed by atoms with Gasteiger partial charge in [0.25, 0.3) is 0 Å². The number of para-hydroxylation sites is 1. The summed E-state index contributed by atoms with van der Waals surface area (Å²) in [6, 6.07) is 12.3. The topological polar surface area (TPSA) is 55.8 Å². The number of carbonyl (C=O) groups is 1. The Bertz CT molecular complexity index is 871. The van der Waals surface area contributed by atoms with Crippen LogP contribution in [0, 0.1) is 0 Å². The Morgan fingerprint density at radius 2 is 1.80 bits per heavy atom. The quantitative estimate of drug-likeness (QED) is 0.305. The minimum Gasteiger partial charge on any atom is -0.478 e. The number of nitrogens with zero attached hydrogens (tertiary/aromatic N) is 2. The second-order valence-electron chi connectivity index (χ2n) is 7.07. The Kier molecular flexibility index (Phi) is 7.45. The normalized spacial score (nSPS) is 16.3. The molecule has 0 spiro atoms. The Morgan fingerprint density at radius 3 is 2.47 bits per heavy atom. The van der Waals surface area contributed by atoms with Gasteiger partial charge in [-0.25, -0.2) is 4.79 Å². The molecular weight excluding hydrogens is 510 g/mol. The Morgan fingerprint density at radius 1 is 1.10 bits per heavy atom. The number of nitrogens with one attached hydrogen (secondary N) is 1. The number of carboxylic acids is 1. The predicted octanol–water partition coefficient (Wildman–Crippen LogP) is 4.79. The summed E-state index contributed by atoms with van der Waals surface area (Å²) in [6.45, 7) is 3.48. The largest absolute Gasteiger partial charge is 0.478 e. The minimum absolute atomic E-state index is 0.246. The lowest BCUT2D eigenvalue weighted by Crippen LogP contribution is -2.49. The van der Waals surface area contributed by atoms with Crippen LogP contribution in [0.15, 0.2) is 48.5 Å². The first-order valence-corrected chi connectivity index (χ1v) is 10.9. The third kappa shape index (κ3) is 5.78. The summed E-state index contributed by atoms with van der Waals surface area (Å²) in [5, 5.41) is 12.4. The van der Waals surface area contributed by atoms with Gasteiger partial charge in [-0.15, -0.1) is 0 Å². The van der Waals surface area contributed by atoms with Crippen molar-refractivity contribution in [1.82, 2.24) is 4.90 Å². The molecule has 2 N–H and O–H groups in total. The van der Waals surface area contributed by atoms with Crippen LogP contribution in [-0.4, -0.2) is 52.7 Å². The maximum Gasteiger partial charge on any atom is 0.416 e. The fourth-order valence-electron chi connectivity index (χ4n) is 3.47. The van der Waals surface area contributed by atoms with Crippen LogP contribution in [-0.2, 0) is 6.18 Å². The number of aromatic carboxylic acids is 1. The molecule has 1 atom stereocenters. The van der Waals surface area contributed by atoms with E-state index in [1.54, 1.807) is 30.3 Å². The SMILES string of the molecule is O=C(O)c1ccccc1NCCC(I)N1CCN(c2cccc(C(F)(F)F)c2)CC1. The third-order valence-corrected chi connectivity index (χ3v) is 6.52. The van der Waals surface area contributed by atoms with E-state index in [9.17, 15) is 23.1 Å². The van der Waals surface area contributed by atoms with Crippen LogP contribution in [0.3, 0.4) is 0 Å². The van der Waals surface area contributed by atoms with Gasteiger partial charge in [0, 0.05) is 44.1 Å². The van der Waals surface area contributed by atoms with E-state index in [-0.39, 0.29) is 9.61 Å². The highest BCUT2D eigenvalue weighted by Gasteiger charge is 2.31. The molecule has 9 heteroatoms. The Balaban J connectivity index is 1.49. The number of anilines is 2. The average molecular weight is 533 g/mol. The average Bonchev–Trinajstić information content (AvgIpc) is 2.73. The molecule has 1 unspecified atom stereocenters. The van der Waals surface area contributed by atoms with Gasteiger partial charge in [0.05, 0.1) is 15.2 Å². The number of hydrogen-bond donors (Lipinski definition) is 2. The van der Waals surface area contributed by atoms with Crippen molar-refractivity contribution in [2.75, 3.05) is 42.9 Å². The third-order valence-electron chi connectivity index (χ3n) is 5.10. The van der Waals surface area contributed by atoms with Gasteiger partial charge in [-0.3, -0.25) is 4.90 Å². The van der Waals surface area contributed by atoms with Crippen molar-refractivity contribution in [2.24, 2.45) is 0 Å². The first-order chi connectivity index (χ1) is 14.3. The van der Waals surface area contributed by atoms with Crippen molar-refractivity contribution in [3.63, 3.8) is 0 Å². The van der Waals surface area contributed by atoms with E-state index in [4.69, 9.17) is 0 Å². The zero-order valence-corrected chi connectivity index (χ0v) is 18.4. The van der Waals surface area contributed by atoms with Gasteiger partial charge in [0.2, 0.25) is 0 Å². The molecule has 2 aromatic carbocycles. The first-order valence-electron chi connectivity index (χ1n) is 9.62. The molecule has 2 aromatic rings. The second-order valence-corrected chi connectivity index (χ2v) is 8.51. The van der Waals surface area contributed by atoms with Crippen LogP contribution in [0.1, 0.15) is 22.3 Å². The van der Waals surface area contributed by atoms with E-state index in [1.165, 1.54) is 12.1 Å². The molecule has 1 saturated heterocycles. The van der Waals surface area contributed by atoms with E-state index >= 15 is 0 Å². The fourth-order valence-corrected chi connectivity index (χ4v) is 4.34. The van der Waals surface area contributed by atoms with Crippen molar-refractivity contribution < 1.29 is 23.1 Å². The lowest BCUT2D eigenvalue weighted by Gasteiger charge is -2.38. The molecule has 0 amide bonds. The molecule has 0 bridgehead atoms. The highest BCUT2D eigenvalue weighted by Crippen LogP contribution is 2.32. The second kappa shape index (κ2) is 9.86. The number of benzene rings is 2. The van der Waals surface area contributed by atoms with E-state index < -0.39 is 17.7 Å². The van der Waals surface area contributed by atoms with E-state index in [0.717, 1.165) is 25.6 Å². The lowest BCUT2D eigenvalue weighted by atomic mass is 10.1. The Labute approximate surface area is 187 Å². The van der Waals surface area contributed by atoms with Crippen LogP contribution in [0.2, 0.25) is 0 Å². The summed E-state index contributed by atoms with van der Waals surface area (Å²) in [7, 11) is 0. The molecule has 1 fully saturated rings. The van der Waals surface area contributed by atoms with Crippen molar-refractivity contribution in [3.05, 3.63) is 59.7 Å². The minimum atomic E-state index is -4.34. The number of halogens is 4. The van der Waals surface area contributed by atoms with Crippen LogP contribution >= 0.6 is 22.6 Å². The van der Waals surface area contributed by atoms with Crippen LogP contribution in [0.4, 0.5) is 24.5 Å². The first kappa shape index (κ1) is 22.7. The molecular formula is C21H23F3IN3O2. The number of alkyl halides is 4. The highest BCUT2D eigenvalue weighted by atomic mass is 127. The van der Waals surface area contributed by atoms with Crippen LogP contribution < -0.4 is 10.2 Å². The maximum absolute atomic E-state index is 12.9. The number of piperazine rings is 1. The van der Waals surface area contributed by atoms with Crippen LogP contribution in [0.25, 0.3) is 0 Å². The van der Waals surface area contributed by atoms with Gasteiger partial charge in [-0.2, -0.15) is 13.2 Å². The van der Waals surface area contributed by atoms with E-state index in [2.05, 4.69) is 32.8 Å². The summed E-state index contributed by atoms with van der Waals surface area (Å²) < 4.78 is 39.1. The molecule has 0 aliphatic carbocycles. The maximum atomic E-state index is 12.9. The summed E-state index contributed by atoms with van der Waals surface area (Å²) in [6.07, 6.45) is -3.52. The molecule has 1 aliphatic heterocycles. The van der Waals surface area contributed by atoms with Crippen LogP contribution in [0.5, 0.6) is 0 Å². The lowest BCUT2D eigenvalue weighted by molar-refractivity contribution is -0.137. The molecule has 1 heterocycles. The fraction of sp³-hybridized carbons (Fsp3) is 0.381. The zero-order valence-electron chi connectivity index (χ0n) is 16.2. The van der Waals surface area contributed by atoms with Crippen molar-refractivity contribution in [1.29, 1.82) is 0 Å². The summed E-state index contributed by atoms with van der Waals surface area (Å²) >= 11 is 2.37. The van der Waals surface area contributed by atoms with Crippen molar-refractivity contribution >= 4 is 39.9 Å². The molecule has 30 heavy (non-hydrogen) atoms. The molecule has 5 nitrogen and oxygen atoms in total. The Hall–Kier alpha value is -2.01. The van der Waals surface area contributed by atoms with Gasteiger partial charge in [-0.05, 0) is 36.8 Å². The van der Waals surface area contributed by atoms with E-state index in [0.29, 0.717) is 31.0 Å². The van der Waals surface area contributed by atoms with Crippen molar-refractivity contribution in [2.45, 2.75) is 16.6 Å². The molecule has 1 aliphatic rings. The summed E-state index contributed by atoms with van der Waals surface area (Å²) in [4.78, 5) is 15.6. The molecule has 162 valence electrons. The number of carboxylic acid groups (broad SMARTS) is 1. The van der Waals surface area contributed by atoms with E-state index in [1.807, 2.05) is 4.90 Å².